The predicted molar refractivity (Wildman–Crippen MR) is 113 cm³/mol. The van der Waals surface area contributed by atoms with Gasteiger partial charge in [0.1, 0.15) is 24.5 Å². The molecule has 1 aliphatic rings. The molecule has 0 bridgehead atoms. The van der Waals surface area contributed by atoms with E-state index in [0.29, 0.717) is 36.0 Å². The van der Waals surface area contributed by atoms with Crippen LogP contribution in [0.15, 0.2) is 48.5 Å². The Kier molecular flexibility index (Phi) is 7.17. The summed E-state index contributed by atoms with van der Waals surface area (Å²) in [6.07, 6.45) is -0.293. The maximum Gasteiger partial charge on any atom is 0.251 e. The second-order valence-corrected chi connectivity index (χ2v) is 7.40. The number of para-hydroxylation sites is 2. The molecule has 1 heterocycles. The van der Waals surface area contributed by atoms with Gasteiger partial charge in [0.15, 0.2) is 11.5 Å². The topological polar surface area (TPSA) is 85.9 Å². The molecule has 2 aromatic carbocycles. The Balaban J connectivity index is 1.55. The molecule has 30 heavy (non-hydrogen) atoms. The van der Waals surface area contributed by atoms with Gasteiger partial charge in [0.25, 0.3) is 5.91 Å². The fourth-order valence-corrected chi connectivity index (χ4v) is 3.12. The standard InChI is InChI=1S/C23H28N2O5/c1-4-28-17-11-9-16(10-12-17)22(26)25-21(15(2)3)23(27)24-13-18-14-29-19-7-5-6-8-20(19)30-18/h5-12,15,18,21H,4,13-14H2,1-3H3,(H,24,27)(H,25,26)/t18?,21-/m0/s1. The number of carbonyl (C=O) groups excluding carboxylic acids is 2. The summed E-state index contributed by atoms with van der Waals surface area (Å²) in [5.74, 6) is 1.41. The van der Waals surface area contributed by atoms with Gasteiger partial charge in [-0.3, -0.25) is 9.59 Å². The predicted octanol–water partition coefficient (Wildman–Crippen LogP) is 2.80. The largest absolute Gasteiger partial charge is 0.494 e. The molecule has 0 fully saturated rings. The first-order chi connectivity index (χ1) is 14.5. The van der Waals surface area contributed by atoms with Gasteiger partial charge < -0.3 is 24.8 Å². The highest BCUT2D eigenvalue weighted by Gasteiger charge is 2.27. The number of hydrogen-bond acceptors (Lipinski definition) is 5. The Bertz CT molecular complexity index is 866. The molecular weight excluding hydrogens is 384 g/mol. The lowest BCUT2D eigenvalue weighted by molar-refractivity contribution is -0.124. The minimum Gasteiger partial charge on any atom is -0.494 e. The first kappa shape index (κ1) is 21.5. The van der Waals surface area contributed by atoms with Crippen molar-refractivity contribution in [1.29, 1.82) is 0 Å². The number of rotatable bonds is 8. The van der Waals surface area contributed by atoms with Gasteiger partial charge in [0.2, 0.25) is 5.91 Å². The Morgan fingerprint density at radius 1 is 1.10 bits per heavy atom. The summed E-state index contributed by atoms with van der Waals surface area (Å²) < 4.78 is 16.9. The lowest BCUT2D eigenvalue weighted by Gasteiger charge is -2.28. The lowest BCUT2D eigenvalue weighted by Crippen LogP contribution is -2.52. The third-order valence-corrected chi connectivity index (χ3v) is 4.73. The molecule has 7 nitrogen and oxygen atoms in total. The van der Waals surface area contributed by atoms with Gasteiger partial charge in [-0.25, -0.2) is 0 Å². The Morgan fingerprint density at radius 3 is 2.47 bits per heavy atom. The number of nitrogens with one attached hydrogen (secondary N) is 2. The molecule has 2 amide bonds. The van der Waals surface area contributed by atoms with Gasteiger partial charge in [-0.05, 0) is 49.2 Å². The average molecular weight is 412 g/mol. The first-order valence-electron chi connectivity index (χ1n) is 10.2. The van der Waals surface area contributed by atoms with E-state index in [9.17, 15) is 9.59 Å². The maximum absolute atomic E-state index is 12.7. The number of ether oxygens (including phenoxy) is 3. The summed E-state index contributed by atoms with van der Waals surface area (Å²) >= 11 is 0. The molecule has 0 saturated carbocycles. The van der Waals surface area contributed by atoms with Crippen LogP contribution in [0.4, 0.5) is 0 Å². The third kappa shape index (κ3) is 5.43. The monoisotopic (exact) mass is 412 g/mol. The van der Waals surface area contributed by atoms with Gasteiger partial charge >= 0.3 is 0 Å². The quantitative estimate of drug-likeness (QED) is 0.696. The van der Waals surface area contributed by atoms with Gasteiger partial charge in [0, 0.05) is 5.56 Å². The van der Waals surface area contributed by atoms with Crippen molar-refractivity contribution in [1.82, 2.24) is 10.6 Å². The molecule has 2 aromatic rings. The van der Waals surface area contributed by atoms with E-state index in [0.717, 1.165) is 0 Å². The van der Waals surface area contributed by atoms with E-state index in [2.05, 4.69) is 10.6 Å². The molecular formula is C23H28N2O5. The van der Waals surface area contributed by atoms with Gasteiger partial charge in [-0.2, -0.15) is 0 Å². The highest BCUT2D eigenvalue weighted by Crippen LogP contribution is 2.30. The third-order valence-electron chi connectivity index (χ3n) is 4.73. The van der Waals surface area contributed by atoms with Crippen molar-refractivity contribution >= 4 is 11.8 Å². The van der Waals surface area contributed by atoms with E-state index in [1.807, 2.05) is 45.0 Å². The molecule has 2 atom stereocenters. The van der Waals surface area contributed by atoms with Crippen LogP contribution < -0.4 is 24.8 Å². The van der Waals surface area contributed by atoms with Crippen molar-refractivity contribution in [3.05, 3.63) is 54.1 Å². The van der Waals surface area contributed by atoms with Crippen molar-refractivity contribution in [2.24, 2.45) is 5.92 Å². The van der Waals surface area contributed by atoms with E-state index in [-0.39, 0.29) is 30.4 Å². The summed E-state index contributed by atoms with van der Waals surface area (Å²) in [4.78, 5) is 25.3. The molecule has 0 radical (unpaired) electrons. The van der Waals surface area contributed by atoms with E-state index in [4.69, 9.17) is 14.2 Å². The molecule has 160 valence electrons. The normalized spacial score (nSPS) is 15.9. The molecule has 3 rings (SSSR count). The summed E-state index contributed by atoms with van der Waals surface area (Å²) in [6, 6.07) is 13.6. The van der Waals surface area contributed by atoms with Crippen LogP contribution in [-0.4, -0.2) is 43.7 Å². The fraction of sp³-hybridized carbons (Fsp3) is 0.391. The van der Waals surface area contributed by atoms with E-state index >= 15 is 0 Å². The van der Waals surface area contributed by atoms with Crippen LogP contribution in [0.5, 0.6) is 17.2 Å². The molecule has 2 N–H and O–H groups in total. The zero-order valence-corrected chi connectivity index (χ0v) is 17.5. The second-order valence-electron chi connectivity index (χ2n) is 7.40. The minimum absolute atomic E-state index is 0.0825. The molecule has 7 heteroatoms. The van der Waals surface area contributed by atoms with Crippen molar-refractivity contribution < 1.29 is 23.8 Å². The van der Waals surface area contributed by atoms with Crippen molar-refractivity contribution in [3.8, 4) is 17.2 Å². The summed E-state index contributed by atoms with van der Waals surface area (Å²) in [6.45, 7) is 6.87. The molecule has 0 aromatic heterocycles. The number of carbonyl (C=O) groups is 2. The first-order valence-corrected chi connectivity index (χ1v) is 10.2. The molecule has 1 aliphatic heterocycles. The summed E-state index contributed by atoms with van der Waals surface area (Å²) in [7, 11) is 0. The highest BCUT2D eigenvalue weighted by molar-refractivity contribution is 5.97. The fourth-order valence-electron chi connectivity index (χ4n) is 3.12. The Labute approximate surface area is 176 Å². The molecule has 0 saturated heterocycles. The number of hydrogen-bond donors (Lipinski definition) is 2. The van der Waals surface area contributed by atoms with Crippen molar-refractivity contribution in [3.63, 3.8) is 0 Å². The van der Waals surface area contributed by atoms with Crippen LogP contribution in [0, 0.1) is 5.92 Å². The number of fused-ring (bicyclic) bond motifs is 1. The van der Waals surface area contributed by atoms with Gasteiger partial charge in [-0.15, -0.1) is 0 Å². The number of amides is 2. The van der Waals surface area contributed by atoms with Crippen LogP contribution in [0.2, 0.25) is 0 Å². The second kappa shape index (κ2) is 10.0. The van der Waals surface area contributed by atoms with Crippen molar-refractivity contribution in [2.75, 3.05) is 19.8 Å². The van der Waals surface area contributed by atoms with Crippen LogP contribution in [0.25, 0.3) is 0 Å². The molecule has 0 aliphatic carbocycles. The van der Waals surface area contributed by atoms with Crippen LogP contribution in [-0.2, 0) is 4.79 Å². The van der Waals surface area contributed by atoms with Crippen LogP contribution in [0.1, 0.15) is 31.1 Å². The molecule has 0 spiro atoms. The highest BCUT2D eigenvalue weighted by atomic mass is 16.6. The van der Waals surface area contributed by atoms with E-state index < -0.39 is 6.04 Å². The SMILES string of the molecule is CCOc1ccc(C(=O)N[C@H](C(=O)NCC2COc3ccccc3O2)C(C)C)cc1. The smallest absolute Gasteiger partial charge is 0.251 e. The number of benzene rings is 2. The van der Waals surface area contributed by atoms with E-state index in [1.165, 1.54) is 0 Å². The van der Waals surface area contributed by atoms with Gasteiger partial charge in [-0.1, -0.05) is 26.0 Å². The van der Waals surface area contributed by atoms with Crippen LogP contribution >= 0.6 is 0 Å². The lowest BCUT2D eigenvalue weighted by atomic mass is 10.0. The Morgan fingerprint density at radius 2 is 1.80 bits per heavy atom. The van der Waals surface area contributed by atoms with E-state index in [1.54, 1.807) is 24.3 Å². The minimum atomic E-state index is -0.666. The zero-order chi connectivity index (χ0) is 21.5. The Hall–Kier alpha value is -3.22. The maximum atomic E-state index is 12.7. The van der Waals surface area contributed by atoms with Gasteiger partial charge in [0.05, 0.1) is 13.2 Å². The van der Waals surface area contributed by atoms with Crippen LogP contribution in [0.3, 0.4) is 0 Å². The summed E-state index contributed by atoms with van der Waals surface area (Å²) in [5.41, 5.74) is 0.470. The van der Waals surface area contributed by atoms with Crippen molar-refractivity contribution in [2.45, 2.75) is 32.9 Å². The summed E-state index contributed by atoms with van der Waals surface area (Å²) in [5, 5.41) is 5.69. The molecule has 1 unspecified atom stereocenters. The zero-order valence-electron chi connectivity index (χ0n) is 17.5. The average Bonchev–Trinajstić information content (AvgIpc) is 2.76.